The number of carbonyl (C=O) groups is 8. The molecule has 0 radical (unpaired) electrons. The van der Waals surface area contributed by atoms with Crippen LogP contribution in [-0.4, -0.2) is 167 Å². The van der Waals surface area contributed by atoms with E-state index in [4.69, 9.17) is 15.2 Å². The van der Waals surface area contributed by atoms with E-state index < -0.39 is 140 Å². The normalized spacial score (nSPS) is 27.3. The van der Waals surface area contributed by atoms with Crippen molar-refractivity contribution in [3.8, 4) is 11.6 Å². The second-order valence-corrected chi connectivity index (χ2v) is 16.4. The predicted molar refractivity (Wildman–Crippen MR) is 226 cm³/mol. The van der Waals surface area contributed by atoms with Crippen LogP contribution in [0, 0.1) is 11.8 Å². The second-order valence-electron chi connectivity index (χ2n) is 16.4. The van der Waals surface area contributed by atoms with Crippen LogP contribution >= 0.6 is 0 Å². The molecule has 64 heavy (non-hydrogen) atoms. The molecule has 13 N–H and O–H groups in total. The van der Waals surface area contributed by atoms with Gasteiger partial charge in [0.1, 0.15) is 42.6 Å². The van der Waals surface area contributed by atoms with Crippen molar-refractivity contribution < 1.29 is 63.1 Å². The maximum absolute atomic E-state index is 14.5. The number of benzene rings is 1. The molecule has 23 nitrogen and oxygen atoms in total. The molecule has 1 aromatic heterocycles. The summed E-state index contributed by atoms with van der Waals surface area (Å²) in [6.45, 7) is 4.22. The van der Waals surface area contributed by atoms with Crippen LogP contribution in [0.2, 0.25) is 0 Å². The number of rotatable bonds is 9. The van der Waals surface area contributed by atoms with Crippen molar-refractivity contribution in [2.45, 2.75) is 102 Å². The Labute approximate surface area is 368 Å². The lowest BCUT2D eigenvalue weighted by atomic mass is 9.94. The number of aromatic nitrogens is 1. The van der Waals surface area contributed by atoms with E-state index in [1.807, 2.05) is 13.8 Å². The fraction of sp³-hybridized carbons (Fsp3) is 0.610. The van der Waals surface area contributed by atoms with E-state index in [-0.39, 0.29) is 31.8 Å². The van der Waals surface area contributed by atoms with Gasteiger partial charge in [0.15, 0.2) is 5.88 Å². The first-order valence-electron chi connectivity index (χ1n) is 21.4. The SMILES string of the molecule is CCOc1ccc2c3c([nH]c2c1)OC[C@@H]1NC(=O)CNC(=O)[C@H]([C@@H](C)CC)NC(=O)CNC[C@@H](C3)NC(=O)C([C@@H](C)[C@@H](O)CO)NC(=O)[C@@H]2C[C@@H](O)CN2C(=O)[C@H](CC(N)=O)NC1=O. The van der Waals surface area contributed by atoms with Gasteiger partial charge in [-0.1, -0.05) is 27.2 Å². The number of hydrogen-bond acceptors (Lipinski definition) is 14. The van der Waals surface area contributed by atoms with Crippen LogP contribution in [0.5, 0.6) is 11.6 Å². The van der Waals surface area contributed by atoms with Crippen LogP contribution in [-0.2, 0) is 44.8 Å². The lowest BCUT2D eigenvalue weighted by Crippen LogP contribution is -2.61. The van der Waals surface area contributed by atoms with E-state index in [1.165, 1.54) is 6.92 Å². The summed E-state index contributed by atoms with van der Waals surface area (Å²) in [5.41, 5.74) is 6.48. The molecule has 0 spiro atoms. The number of fused-ring (bicyclic) bond motifs is 5. The molecular formula is C41H60N10O13. The third-order valence-corrected chi connectivity index (χ3v) is 11.7. The molecule has 1 fully saturated rings. The first-order valence-corrected chi connectivity index (χ1v) is 21.4. The molecule has 8 amide bonds. The van der Waals surface area contributed by atoms with Gasteiger partial charge in [-0.2, -0.15) is 0 Å². The lowest BCUT2D eigenvalue weighted by Gasteiger charge is -2.33. The van der Waals surface area contributed by atoms with Crippen molar-refractivity contribution in [1.29, 1.82) is 0 Å². The molecule has 2 aromatic rings. The highest BCUT2D eigenvalue weighted by atomic mass is 16.5. The average molecular weight is 901 g/mol. The number of aliphatic hydroxyl groups is 3. The van der Waals surface area contributed by atoms with Crippen molar-refractivity contribution >= 4 is 58.2 Å². The molecule has 10 atom stereocenters. The van der Waals surface area contributed by atoms with Gasteiger partial charge in [0.05, 0.1) is 50.4 Å². The van der Waals surface area contributed by atoms with E-state index in [2.05, 4.69) is 42.2 Å². The molecule has 0 aliphatic carbocycles. The molecule has 1 unspecified atom stereocenters. The molecule has 1 saturated heterocycles. The summed E-state index contributed by atoms with van der Waals surface area (Å²) >= 11 is 0. The number of amides is 8. The minimum Gasteiger partial charge on any atom is -0.494 e. The van der Waals surface area contributed by atoms with Crippen LogP contribution in [0.4, 0.5) is 0 Å². The molecule has 3 aliphatic rings. The smallest absolute Gasteiger partial charge is 0.246 e. The Morgan fingerprint density at radius 1 is 0.938 bits per heavy atom. The number of carbonyl (C=O) groups excluding carboxylic acids is 8. The van der Waals surface area contributed by atoms with Gasteiger partial charge in [0.25, 0.3) is 0 Å². The van der Waals surface area contributed by atoms with Crippen molar-refractivity contribution in [2.24, 2.45) is 17.6 Å². The number of nitrogens with two attached hydrogens (primary N) is 1. The summed E-state index contributed by atoms with van der Waals surface area (Å²) < 4.78 is 12.0. The van der Waals surface area contributed by atoms with Crippen LogP contribution in [0.25, 0.3) is 10.9 Å². The van der Waals surface area contributed by atoms with Gasteiger partial charge in [-0.15, -0.1) is 0 Å². The third kappa shape index (κ3) is 12.1. The van der Waals surface area contributed by atoms with Gasteiger partial charge in [0.2, 0.25) is 47.3 Å². The fourth-order valence-corrected chi connectivity index (χ4v) is 7.92. The minimum atomic E-state index is -1.74. The Bertz CT molecular complexity index is 2060. The van der Waals surface area contributed by atoms with Gasteiger partial charge in [-0.3, -0.25) is 38.4 Å². The Kier molecular flexibility index (Phi) is 16.9. The molecule has 2 bridgehead atoms. The summed E-state index contributed by atoms with van der Waals surface area (Å²) in [6.07, 6.45) is -3.46. The number of nitrogens with zero attached hydrogens (tertiary/aromatic N) is 1. The van der Waals surface area contributed by atoms with E-state index in [9.17, 15) is 53.7 Å². The average Bonchev–Trinajstić information content (AvgIpc) is 3.82. The number of aromatic amines is 1. The van der Waals surface area contributed by atoms with E-state index in [0.29, 0.717) is 35.2 Å². The predicted octanol–water partition coefficient (Wildman–Crippen LogP) is -4.48. The number of hydrogen-bond donors (Lipinski definition) is 12. The largest absolute Gasteiger partial charge is 0.494 e. The first-order chi connectivity index (χ1) is 30.4. The highest BCUT2D eigenvalue weighted by Crippen LogP contribution is 2.32. The zero-order chi connectivity index (χ0) is 46.8. The van der Waals surface area contributed by atoms with Crippen LogP contribution in [0.15, 0.2) is 18.2 Å². The minimum absolute atomic E-state index is 0.0415. The van der Waals surface area contributed by atoms with Crippen molar-refractivity contribution in [3.63, 3.8) is 0 Å². The number of primary amides is 1. The molecule has 1 aromatic carbocycles. The molecule has 4 heterocycles. The molecule has 23 heteroatoms. The number of ether oxygens (including phenoxy) is 2. The van der Waals surface area contributed by atoms with Gasteiger partial charge >= 0.3 is 0 Å². The summed E-state index contributed by atoms with van der Waals surface area (Å²) in [7, 11) is 0. The van der Waals surface area contributed by atoms with Crippen LogP contribution in [0.1, 0.15) is 52.5 Å². The maximum atomic E-state index is 14.5. The van der Waals surface area contributed by atoms with Crippen LogP contribution in [0.3, 0.4) is 0 Å². The van der Waals surface area contributed by atoms with Crippen molar-refractivity contribution in [3.05, 3.63) is 23.8 Å². The second kappa shape index (κ2) is 22.0. The summed E-state index contributed by atoms with van der Waals surface area (Å²) in [6, 6.07) is -3.24. The molecular weight excluding hydrogens is 841 g/mol. The Morgan fingerprint density at radius 3 is 2.36 bits per heavy atom. The van der Waals surface area contributed by atoms with E-state index in [1.54, 1.807) is 25.1 Å². The topological polar surface area (TPSA) is 345 Å². The van der Waals surface area contributed by atoms with Crippen molar-refractivity contribution in [1.82, 2.24) is 47.1 Å². The first kappa shape index (κ1) is 49.0. The Balaban J connectivity index is 1.69. The lowest BCUT2D eigenvalue weighted by molar-refractivity contribution is -0.144. The van der Waals surface area contributed by atoms with Crippen LogP contribution < -0.4 is 52.4 Å². The third-order valence-electron chi connectivity index (χ3n) is 11.7. The quantitative estimate of drug-likeness (QED) is 0.113. The zero-order valence-corrected chi connectivity index (χ0v) is 36.2. The van der Waals surface area contributed by atoms with Gasteiger partial charge in [-0.25, -0.2) is 0 Å². The highest BCUT2D eigenvalue weighted by Gasteiger charge is 2.44. The molecule has 0 saturated carbocycles. The molecule has 352 valence electrons. The van der Waals surface area contributed by atoms with E-state index >= 15 is 0 Å². The Morgan fingerprint density at radius 2 is 1.67 bits per heavy atom. The van der Waals surface area contributed by atoms with Gasteiger partial charge in [0, 0.05) is 48.5 Å². The summed E-state index contributed by atoms with van der Waals surface area (Å²) in [4.78, 5) is 114. The maximum Gasteiger partial charge on any atom is 0.246 e. The molecule has 5 rings (SSSR count). The highest BCUT2D eigenvalue weighted by molar-refractivity contribution is 5.98. The monoisotopic (exact) mass is 900 g/mol. The molecule has 3 aliphatic heterocycles. The zero-order valence-electron chi connectivity index (χ0n) is 36.2. The van der Waals surface area contributed by atoms with Gasteiger partial charge < -0.3 is 77.6 Å². The Hall–Kier alpha value is -6.04. The number of aliphatic hydroxyl groups excluding tert-OH is 3. The summed E-state index contributed by atoms with van der Waals surface area (Å²) in [5.74, 6) is -7.94. The van der Waals surface area contributed by atoms with E-state index in [0.717, 1.165) is 4.90 Å². The fourth-order valence-electron chi connectivity index (χ4n) is 7.92. The number of H-pyrrole nitrogens is 1. The summed E-state index contributed by atoms with van der Waals surface area (Å²) in [5, 5.41) is 50.6. The standard InChI is InChI=1S/C41H60N10O13/c1-5-19(3)34-38(60)44-15-33(57)46-28-18-64-40-25(24-8-7-23(63-6-2)11-26(24)48-40)9-21(13-43-14-32(56)49-34)45-39(61)35(20(4)30(54)17-52)50-37(59)29-10-22(53)16-51(29)41(62)27(12-31(42)55)47-36(28)58/h7-8,11,19-22,27-30,34-35,43,48,52-54H,5-6,9-10,12-18H2,1-4H3,(H2,42,55)(H,44,60)(H,45,61)(H,46,57)(H,47,58)(H,49,56)(H,50,59)/t19-,20-,21+,22+,27-,28-,29-,30-,34-,35?/m0/s1. The van der Waals surface area contributed by atoms with Crippen molar-refractivity contribution in [2.75, 3.05) is 46.0 Å². The number of nitrogens with one attached hydrogen (secondary N) is 8. The van der Waals surface area contributed by atoms with Gasteiger partial charge in [-0.05, 0) is 31.4 Å².